The highest BCUT2D eigenvalue weighted by Crippen LogP contribution is 2.27. The lowest BCUT2D eigenvalue weighted by Gasteiger charge is -2.23. The molecule has 1 aliphatic heterocycles. The summed E-state index contributed by atoms with van der Waals surface area (Å²) in [5.74, 6) is 0.630. The van der Waals surface area contributed by atoms with Gasteiger partial charge in [0.25, 0.3) is 0 Å². The topological polar surface area (TPSA) is 49.8 Å². The Morgan fingerprint density at radius 3 is 2.76 bits per heavy atom. The predicted octanol–water partition coefficient (Wildman–Crippen LogP) is 3.02. The number of benzene rings is 1. The molecular weight excluding hydrogens is 286 g/mol. The van der Waals surface area contributed by atoms with E-state index in [0.717, 1.165) is 43.5 Å². The molecule has 0 saturated carbocycles. The Labute approximate surface area is 131 Å². The molecule has 1 aliphatic rings. The van der Waals surface area contributed by atoms with Gasteiger partial charge in [-0.2, -0.15) is 0 Å². The number of imidazole rings is 1. The first-order valence-corrected chi connectivity index (χ1v) is 7.72. The van der Waals surface area contributed by atoms with Crippen molar-refractivity contribution >= 4 is 23.4 Å². The van der Waals surface area contributed by atoms with Crippen molar-refractivity contribution < 1.29 is 0 Å². The second kappa shape index (κ2) is 7.14. The Bertz CT molecular complexity index is 640. The molecule has 0 amide bonds. The number of aryl methyl sites for hydroxylation is 1. The first kappa shape index (κ1) is 16.1. The number of aromatic amines is 1. The number of nitrogens with zero attached hydrogens (tertiary/aromatic N) is 1. The fourth-order valence-corrected chi connectivity index (χ4v) is 3.12. The molecule has 1 fully saturated rings. The van der Waals surface area contributed by atoms with Crippen LogP contribution in [0.15, 0.2) is 23.0 Å². The number of H-pyrrole nitrogens is 1. The minimum atomic E-state index is 0. The second-order valence-electron chi connectivity index (χ2n) is 5.74. The van der Waals surface area contributed by atoms with E-state index in [0.29, 0.717) is 5.92 Å². The highest BCUT2D eigenvalue weighted by molar-refractivity contribution is 5.85. The summed E-state index contributed by atoms with van der Waals surface area (Å²) in [4.78, 5) is 15.0. The van der Waals surface area contributed by atoms with Gasteiger partial charge in [0.05, 0.1) is 11.0 Å². The third kappa shape index (κ3) is 3.33. The van der Waals surface area contributed by atoms with Gasteiger partial charge in [-0.1, -0.05) is 19.4 Å². The molecule has 2 heterocycles. The van der Waals surface area contributed by atoms with Gasteiger partial charge in [0.15, 0.2) is 0 Å². The third-order valence-electron chi connectivity index (χ3n) is 4.35. The number of hydrogen-bond acceptors (Lipinski definition) is 2. The summed E-state index contributed by atoms with van der Waals surface area (Å²) in [6.07, 6.45) is 4.53. The van der Waals surface area contributed by atoms with Crippen LogP contribution in [0.1, 0.15) is 44.1 Å². The van der Waals surface area contributed by atoms with Crippen LogP contribution in [-0.4, -0.2) is 22.6 Å². The van der Waals surface area contributed by atoms with Gasteiger partial charge in [0.1, 0.15) is 0 Å². The van der Waals surface area contributed by atoms with Crippen molar-refractivity contribution in [3.8, 4) is 0 Å². The molecule has 0 bridgehead atoms. The molecule has 0 atom stereocenters. The maximum atomic E-state index is 12.0. The van der Waals surface area contributed by atoms with Gasteiger partial charge in [-0.3, -0.25) is 4.57 Å². The lowest BCUT2D eigenvalue weighted by molar-refractivity contribution is 0.460. The quantitative estimate of drug-likeness (QED) is 0.912. The number of unbranched alkanes of at least 4 members (excludes halogenated alkanes) is 1. The van der Waals surface area contributed by atoms with Crippen molar-refractivity contribution in [3.63, 3.8) is 0 Å². The highest BCUT2D eigenvalue weighted by Gasteiger charge is 2.16. The van der Waals surface area contributed by atoms with Crippen molar-refractivity contribution in [1.82, 2.24) is 14.9 Å². The average molecular weight is 310 g/mol. The van der Waals surface area contributed by atoms with Gasteiger partial charge in [0.2, 0.25) is 0 Å². The summed E-state index contributed by atoms with van der Waals surface area (Å²) in [6.45, 7) is 5.16. The zero-order chi connectivity index (χ0) is 13.9. The zero-order valence-corrected chi connectivity index (χ0v) is 13.3. The van der Waals surface area contributed by atoms with Crippen LogP contribution >= 0.6 is 12.4 Å². The smallest absolute Gasteiger partial charge is 0.317 e. The third-order valence-corrected chi connectivity index (χ3v) is 4.35. The number of piperidine rings is 1. The van der Waals surface area contributed by atoms with E-state index in [9.17, 15) is 4.79 Å². The Hall–Kier alpha value is -1.26. The number of hydrogen-bond donors (Lipinski definition) is 2. The minimum Gasteiger partial charge on any atom is -0.317 e. The molecule has 1 aromatic carbocycles. The molecule has 2 aromatic rings. The van der Waals surface area contributed by atoms with Crippen LogP contribution in [-0.2, 0) is 6.54 Å². The first-order valence-electron chi connectivity index (χ1n) is 7.72. The van der Waals surface area contributed by atoms with Gasteiger partial charge >= 0.3 is 5.69 Å². The molecule has 1 aromatic heterocycles. The van der Waals surface area contributed by atoms with Gasteiger partial charge in [-0.15, -0.1) is 12.4 Å². The lowest BCUT2D eigenvalue weighted by atomic mass is 9.90. The van der Waals surface area contributed by atoms with Crippen LogP contribution in [0.4, 0.5) is 0 Å². The predicted molar refractivity (Wildman–Crippen MR) is 89.6 cm³/mol. The molecular formula is C16H24ClN3O. The number of nitrogens with one attached hydrogen (secondary N) is 2. The zero-order valence-electron chi connectivity index (χ0n) is 12.5. The van der Waals surface area contributed by atoms with Crippen LogP contribution in [0.2, 0.25) is 0 Å². The van der Waals surface area contributed by atoms with Crippen LogP contribution in [0.25, 0.3) is 11.0 Å². The fraction of sp³-hybridized carbons (Fsp3) is 0.562. The number of fused-ring (bicyclic) bond motifs is 1. The molecule has 4 nitrogen and oxygen atoms in total. The van der Waals surface area contributed by atoms with E-state index >= 15 is 0 Å². The average Bonchev–Trinajstić information content (AvgIpc) is 2.80. The molecule has 21 heavy (non-hydrogen) atoms. The largest absolute Gasteiger partial charge is 0.326 e. The van der Waals surface area contributed by atoms with Crippen molar-refractivity contribution in [2.24, 2.45) is 0 Å². The van der Waals surface area contributed by atoms with Gasteiger partial charge in [-0.25, -0.2) is 4.79 Å². The van der Waals surface area contributed by atoms with Gasteiger partial charge in [-0.05, 0) is 56.0 Å². The second-order valence-corrected chi connectivity index (χ2v) is 5.74. The standard InChI is InChI=1S/C16H23N3O.ClH/c1-2-3-10-19-15-11-13(12-6-8-17-9-7-12)4-5-14(15)18-16(19)20;/h4-5,11-12,17H,2-3,6-10H2,1H3,(H,18,20);1H. The van der Waals surface area contributed by atoms with E-state index in [-0.39, 0.29) is 18.1 Å². The molecule has 0 aliphatic carbocycles. The number of rotatable bonds is 4. The minimum absolute atomic E-state index is 0. The van der Waals surface area contributed by atoms with Crippen molar-refractivity contribution in [3.05, 3.63) is 34.2 Å². The monoisotopic (exact) mass is 309 g/mol. The van der Waals surface area contributed by atoms with Crippen LogP contribution in [0.3, 0.4) is 0 Å². The summed E-state index contributed by atoms with van der Waals surface area (Å²) >= 11 is 0. The summed E-state index contributed by atoms with van der Waals surface area (Å²) in [5, 5.41) is 3.40. The Morgan fingerprint density at radius 2 is 2.05 bits per heavy atom. The summed E-state index contributed by atoms with van der Waals surface area (Å²) in [6, 6.07) is 6.47. The van der Waals surface area contributed by atoms with E-state index in [4.69, 9.17) is 0 Å². The van der Waals surface area contributed by atoms with Crippen molar-refractivity contribution in [2.45, 2.75) is 45.1 Å². The maximum Gasteiger partial charge on any atom is 0.326 e. The highest BCUT2D eigenvalue weighted by atomic mass is 35.5. The Morgan fingerprint density at radius 1 is 1.29 bits per heavy atom. The van der Waals surface area contributed by atoms with E-state index < -0.39 is 0 Å². The molecule has 5 heteroatoms. The maximum absolute atomic E-state index is 12.0. The molecule has 2 N–H and O–H groups in total. The number of aromatic nitrogens is 2. The SMILES string of the molecule is CCCCn1c(=O)[nH]c2ccc(C3CCNCC3)cc21.Cl. The lowest BCUT2D eigenvalue weighted by Crippen LogP contribution is -2.26. The summed E-state index contributed by atoms with van der Waals surface area (Å²) < 4.78 is 1.89. The Kier molecular flexibility index (Phi) is 5.48. The van der Waals surface area contributed by atoms with E-state index in [1.165, 1.54) is 18.4 Å². The van der Waals surface area contributed by atoms with E-state index in [1.807, 2.05) is 4.57 Å². The molecule has 116 valence electrons. The molecule has 0 unspecified atom stereocenters. The van der Waals surface area contributed by atoms with Crippen LogP contribution in [0.5, 0.6) is 0 Å². The molecule has 0 spiro atoms. The molecule has 3 rings (SSSR count). The van der Waals surface area contributed by atoms with Gasteiger partial charge in [0, 0.05) is 6.54 Å². The summed E-state index contributed by atoms with van der Waals surface area (Å²) in [7, 11) is 0. The van der Waals surface area contributed by atoms with Crippen molar-refractivity contribution in [1.29, 1.82) is 0 Å². The van der Waals surface area contributed by atoms with Crippen molar-refractivity contribution in [2.75, 3.05) is 13.1 Å². The molecule has 0 radical (unpaired) electrons. The fourth-order valence-electron chi connectivity index (χ4n) is 3.12. The van der Waals surface area contributed by atoms with Crippen LogP contribution < -0.4 is 11.0 Å². The number of halogens is 1. The van der Waals surface area contributed by atoms with Crippen LogP contribution in [0, 0.1) is 0 Å². The summed E-state index contributed by atoms with van der Waals surface area (Å²) in [5.41, 5.74) is 3.43. The molecule has 1 saturated heterocycles. The van der Waals surface area contributed by atoms with E-state index in [2.05, 4.69) is 35.4 Å². The Balaban J connectivity index is 0.00000161. The first-order chi connectivity index (χ1) is 9.79. The van der Waals surface area contributed by atoms with Gasteiger partial charge < -0.3 is 10.3 Å². The van der Waals surface area contributed by atoms with E-state index in [1.54, 1.807) is 0 Å². The normalized spacial score (nSPS) is 16.0.